The Morgan fingerprint density at radius 2 is 2.00 bits per heavy atom. The monoisotopic (exact) mass is 395 g/mol. The van der Waals surface area contributed by atoms with E-state index in [1.807, 2.05) is 31.2 Å². The molecule has 0 bridgehead atoms. The van der Waals surface area contributed by atoms with Gasteiger partial charge in [-0.1, -0.05) is 18.2 Å². The second kappa shape index (κ2) is 8.92. The molecule has 3 rings (SSSR count). The second-order valence-electron chi connectivity index (χ2n) is 5.64. The van der Waals surface area contributed by atoms with Crippen molar-refractivity contribution < 1.29 is 14.5 Å². The van der Waals surface area contributed by atoms with Gasteiger partial charge in [-0.3, -0.25) is 20.2 Å². The highest BCUT2D eigenvalue weighted by molar-refractivity contribution is 7.14. The SMILES string of the molecule is CCOc1ccccc1/C=C/C(=O)Nc1nc(-c2ccc([N+](=O)[O-])cc2)cs1. The first kappa shape index (κ1) is 19.2. The Kier molecular flexibility index (Phi) is 6.13. The molecule has 7 nitrogen and oxygen atoms in total. The number of carbonyl (C=O) groups is 1. The highest BCUT2D eigenvalue weighted by Gasteiger charge is 2.09. The van der Waals surface area contributed by atoms with Crippen molar-refractivity contribution in [1.82, 2.24) is 4.98 Å². The highest BCUT2D eigenvalue weighted by Crippen LogP contribution is 2.26. The van der Waals surface area contributed by atoms with Crippen LogP contribution in [0.3, 0.4) is 0 Å². The smallest absolute Gasteiger partial charge is 0.269 e. The van der Waals surface area contributed by atoms with E-state index in [9.17, 15) is 14.9 Å². The number of aromatic nitrogens is 1. The van der Waals surface area contributed by atoms with Crippen LogP contribution in [0.5, 0.6) is 5.75 Å². The first-order valence-electron chi connectivity index (χ1n) is 8.48. The Balaban J connectivity index is 1.66. The normalized spacial score (nSPS) is 10.8. The Morgan fingerprint density at radius 1 is 1.25 bits per heavy atom. The Bertz CT molecular complexity index is 1010. The number of rotatable bonds is 7. The van der Waals surface area contributed by atoms with Gasteiger partial charge in [0.05, 0.1) is 17.2 Å². The zero-order valence-electron chi connectivity index (χ0n) is 15.0. The zero-order valence-corrected chi connectivity index (χ0v) is 15.8. The van der Waals surface area contributed by atoms with E-state index < -0.39 is 4.92 Å². The van der Waals surface area contributed by atoms with Crippen LogP contribution in [0.1, 0.15) is 12.5 Å². The summed E-state index contributed by atoms with van der Waals surface area (Å²) in [5.74, 6) is 0.402. The molecule has 3 aromatic rings. The summed E-state index contributed by atoms with van der Waals surface area (Å²) in [6.07, 6.45) is 3.11. The quantitative estimate of drug-likeness (QED) is 0.353. The third kappa shape index (κ3) is 4.80. The topological polar surface area (TPSA) is 94.4 Å². The number of thiazole rings is 1. The molecule has 0 aliphatic heterocycles. The van der Waals surface area contributed by atoms with Crippen LogP contribution < -0.4 is 10.1 Å². The van der Waals surface area contributed by atoms with Gasteiger partial charge in [0.15, 0.2) is 5.13 Å². The number of nitrogens with zero attached hydrogens (tertiary/aromatic N) is 2. The van der Waals surface area contributed by atoms with Crippen LogP contribution in [0.4, 0.5) is 10.8 Å². The fraction of sp³-hybridized carbons (Fsp3) is 0.100. The minimum atomic E-state index is -0.452. The number of amides is 1. The van der Waals surface area contributed by atoms with Gasteiger partial charge in [0.1, 0.15) is 5.75 Å². The third-order valence-corrected chi connectivity index (χ3v) is 4.50. The van der Waals surface area contributed by atoms with Gasteiger partial charge in [0.25, 0.3) is 5.69 Å². The molecule has 8 heteroatoms. The number of non-ortho nitro benzene ring substituents is 1. The standard InChI is InChI=1S/C20H17N3O4S/c1-2-27-18-6-4-3-5-15(18)9-12-19(24)22-20-21-17(13-28-20)14-7-10-16(11-8-14)23(25)26/h3-13H,2H2,1H3,(H,21,22,24)/b12-9+. The van der Waals surface area contributed by atoms with Crippen molar-refractivity contribution in [2.45, 2.75) is 6.92 Å². The van der Waals surface area contributed by atoms with Gasteiger partial charge in [-0.25, -0.2) is 4.98 Å². The van der Waals surface area contributed by atoms with Crippen LogP contribution in [-0.2, 0) is 4.79 Å². The fourth-order valence-electron chi connectivity index (χ4n) is 2.44. The molecule has 0 fully saturated rings. The van der Waals surface area contributed by atoms with Crippen LogP contribution in [-0.4, -0.2) is 22.4 Å². The van der Waals surface area contributed by atoms with Crippen LogP contribution in [0.25, 0.3) is 17.3 Å². The number of hydrogen-bond acceptors (Lipinski definition) is 6. The molecule has 0 unspecified atom stereocenters. The minimum absolute atomic E-state index is 0.0185. The lowest BCUT2D eigenvalue weighted by Crippen LogP contribution is -2.07. The number of ether oxygens (including phenoxy) is 1. The van der Waals surface area contributed by atoms with E-state index in [-0.39, 0.29) is 11.6 Å². The molecule has 1 heterocycles. The van der Waals surface area contributed by atoms with Crippen molar-refractivity contribution in [2.24, 2.45) is 0 Å². The predicted octanol–water partition coefficient (Wildman–Crippen LogP) is 4.77. The first-order valence-corrected chi connectivity index (χ1v) is 9.36. The number of hydrogen-bond donors (Lipinski definition) is 1. The second-order valence-corrected chi connectivity index (χ2v) is 6.49. The molecule has 1 aromatic heterocycles. The summed E-state index contributed by atoms with van der Waals surface area (Å²) >= 11 is 1.28. The maximum atomic E-state index is 12.2. The summed E-state index contributed by atoms with van der Waals surface area (Å²) < 4.78 is 5.53. The molecular weight excluding hydrogens is 378 g/mol. The van der Waals surface area contributed by atoms with Crippen molar-refractivity contribution in [2.75, 3.05) is 11.9 Å². The van der Waals surface area contributed by atoms with Gasteiger partial charge >= 0.3 is 0 Å². The molecule has 0 atom stereocenters. The summed E-state index contributed by atoms with van der Waals surface area (Å²) in [6.45, 7) is 2.44. The molecule has 142 valence electrons. The molecule has 1 N–H and O–H groups in total. The van der Waals surface area contributed by atoms with Crippen LogP contribution >= 0.6 is 11.3 Å². The Labute approximate surface area is 165 Å². The predicted molar refractivity (Wildman–Crippen MR) is 109 cm³/mol. The largest absolute Gasteiger partial charge is 0.493 e. The van der Waals surface area contributed by atoms with Crippen molar-refractivity contribution in [3.8, 4) is 17.0 Å². The summed E-state index contributed by atoms with van der Waals surface area (Å²) in [6, 6.07) is 13.6. The molecular formula is C20H17N3O4S. The van der Waals surface area contributed by atoms with Crippen LogP contribution in [0.2, 0.25) is 0 Å². The van der Waals surface area contributed by atoms with E-state index in [2.05, 4.69) is 10.3 Å². The molecule has 0 aliphatic rings. The lowest BCUT2D eigenvalue weighted by Gasteiger charge is -2.06. The number of nitro benzene ring substituents is 1. The van der Waals surface area contributed by atoms with E-state index in [0.717, 1.165) is 11.1 Å². The van der Waals surface area contributed by atoms with Crippen molar-refractivity contribution in [1.29, 1.82) is 0 Å². The van der Waals surface area contributed by atoms with E-state index in [0.29, 0.717) is 23.2 Å². The number of anilines is 1. The van der Waals surface area contributed by atoms with Gasteiger partial charge in [-0.15, -0.1) is 11.3 Å². The van der Waals surface area contributed by atoms with Gasteiger partial charge < -0.3 is 4.74 Å². The lowest BCUT2D eigenvalue weighted by molar-refractivity contribution is -0.384. The third-order valence-electron chi connectivity index (χ3n) is 3.74. The Hall–Kier alpha value is -3.52. The van der Waals surface area contributed by atoms with E-state index in [1.54, 1.807) is 23.6 Å². The number of nitrogens with one attached hydrogen (secondary N) is 1. The van der Waals surface area contributed by atoms with Crippen LogP contribution in [0.15, 0.2) is 60.0 Å². The average Bonchev–Trinajstić information content (AvgIpc) is 3.16. The average molecular weight is 395 g/mol. The molecule has 0 aliphatic carbocycles. The van der Waals surface area contributed by atoms with Crippen molar-refractivity contribution >= 4 is 34.1 Å². The molecule has 0 radical (unpaired) electrons. The van der Waals surface area contributed by atoms with Gasteiger partial charge in [-0.05, 0) is 31.2 Å². The van der Waals surface area contributed by atoms with Gasteiger partial charge in [-0.2, -0.15) is 0 Å². The van der Waals surface area contributed by atoms with E-state index in [1.165, 1.54) is 29.5 Å². The number of benzene rings is 2. The molecule has 1 amide bonds. The zero-order chi connectivity index (χ0) is 19.9. The van der Waals surface area contributed by atoms with Gasteiger partial charge in [0, 0.05) is 34.7 Å². The number of carbonyl (C=O) groups excluding carboxylic acids is 1. The molecule has 0 saturated heterocycles. The molecule has 0 saturated carbocycles. The summed E-state index contributed by atoms with van der Waals surface area (Å²) in [7, 11) is 0. The summed E-state index contributed by atoms with van der Waals surface area (Å²) in [4.78, 5) is 26.8. The highest BCUT2D eigenvalue weighted by atomic mass is 32.1. The maximum Gasteiger partial charge on any atom is 0.269 e. The van der Waals surface area contributed by atoms with Gasteiger partial charge in [0.2, 0.25) is 5.91 Å². The van der Waals surface area contributed by atoms with E-state index >= 15 is 0 Å². The van der Waals surface area contributed by atoms with Crippen molar-refractivity contribution in [3.05, 3.63) is 75.7 Å². The summed E-state index contributed by atoms with van der Waals surface area (Å²) in [5, 5.41) is 15.7. The number of para-hydroxylation sites is 1. The lowest BCUT2D eigenvalue weighted by atomic mass is 10.1. The summed E-state index contributed by atoms with van der Waals surface area (Å²) in [5.41, 5.74) is 2.21. The minimum Gasteiger partial charge on any atom is -0.493 e. The van der Waals surface area contributed by atoms with E-state index in [4.69, 9.17) is 4.74 Å². The molecule has 0 spiro atoms. The molecule has 28 heavy (non-hydrogen) atoms. The fourth-order valence-corrected chi connectivity index (χ4v) is 3.16. The number of nitro groups is 1. The van der Waals surface area contributed by atoms with Crippen LogP contribution in [0, 0.1) is 10.1 Å². The molecule has 2 aromatic carbocycles. The Morgan fingerprint density at radius 3 is 2.71 bits per heavy atom. The first-order chi connectivity index (χ1) is 13.6. The maximum absolute atomic E-state index is 12.2. The van der Waals surface area contributed by atoms with Crippen molar-refractivity contribution in [3.63, 3.8) is 0 Å².